The van der Waals surface area contributed by atoms with Gasteiger partial charge in [-0.1, -0.05) is 62.8 Å². The minimum absolute atomic E-state index is 0.122. The van der Waals surface area contributed by atoms with Gasteiger partial charge in [0.2, 0.25) is 0 Å². The lowest BCUT2D eigenvalue weighted by Gasteiger charge is -2.45. The number of sulfone groups is 1. The SMILES string of the molecule is CC1=CC=CC(C#CC2(O[Si](C)(C)C(C)(C)C)CCCCC2)(S(=O)(=O)C(F)(F)F)C1CCCN. The first-order valence-electron chi connectivity index (χ1n) is 12.1. The number of alkyl halides is 3. The maximum atomic E-state index is 14.0. The molecule has 0 aromatic rings. The fraction of sp³-hybridized carbons (Fsp3) is 0.760. The summed E-state index contributed by atoms with van der Waals surface area (Å²) in [6, 6.07) is 0. The first kappa shape index (κ1) is 29.1. The predicted octanol–water partition coefficient (Wildman–Crippen LogP) is 6.26. The van der Waals surface area contributed by atoms with Crippen LogP contribution in [0.3, 0.4) is 0 Å². The van der Waals surface area contributed by atoms with Gasteiger partial charge >= 0.3 is 5.51 Å². The monoisotopic (exact) mass is 519 g/mol. The topological polar surface area (TPSA) is 69.4 Å². The van der Waals surface area contributed by atoms with Gasteiger partial charge in [-0.2, -0.15) is 13.2 Å². The van der Waals surface area contributed by atoms with E-state index < -0.39 is 39.9 Å². The van der Waals surface area contributed by atoms with Gasteiger partial charge in [-0.05, 0) is 70.1 Å². The molecule has 4 nitrogen and oxygen atoms in total. The van der Waals surface area contributed by atoms with Gasteiger partial charge in [0.15, 0.2) is 13.1 Å². The van der Waals surface area contributed by atoms with E-state index in [1.165, 1.54) is 6.08 Å². The lowest BCUT2D eigenvalue weighted by atomic mass is 9.78. The predicted molar refractivity (Wildman–Crippen MR) is 134 cm³/mol. The summed E-state index contributed by atoms with van der Waals surface area (Å²) in [6.45, 7) is 12.4. The molecule has 0 aromatic heterocycles. The van der Waals surface area contributed by atoms with E-state index in [1.807, 2.05) is 0 Å². The quantitative estimate of drug-likeness (QED) is 0.332. The van der Waals surface area contributed by atoms with Gasteiger partial charge in [-0.15, -0.1) is 0 Å². The molecule has 0 saturated heterocycles. The van der Waals surface area contributed by atoms with Crippen LogP contribution in [0.2, 0.25) is 18.1 Å². The Bertz CT molecular complexity index is 962. The van der Waals surface area contributed by atoms with Crippen LogP contribution in [0, 0.1) is 17.8 Å². The second-order valence-corrected chi connectivity index (χ2v) is 18.0. The Balaban J connectivity index is 2.73. The third-order valence-electron chi connectivity index (χ3n) is 7.62. The Morgan fingerprint density at radius 2 is 1.74 bits per heavy atom. The number of halogens is 3. The fourth-order valence-electron chi connectivity index (χ4n) is 4.57. The summed E-state index contributed by atoms with van der Waals surface area (Å²) in [5.41, 5.74) is -0.195. The van der Waals surface area contributed by atoms with E-state index in [0.29, 0.717) is 24.8 Å². The Morgan fingerprint density at radius 1 is 1.15 bits per heavy atom. The van der Waals surface area contributed by atoms with Crippen LogP contribution in [0.1, 0.15) is 72.6 Å². The van der Waals surface area contributed by atoms with E-state index in [4.69, 9.17) is 10.2 Å². The maximum absolute atomic E-state index is 14.0. The number of allylic oxidation sites excluding steroid dienone is 3. The van der Waals surface area contributed by atoms with Crippen LogP contribution in [-0.4, -0.2) is 39.1 Å². The van der Waals surface area contributed by atoms with Crippen molar-refractivity contribution in [2.45, 2.75) is 107 Å². The minimum Gasteiger partial charge on any atom is -0.401 e. The Hall–Kier alpha value is -1.08. The molecule has 2 atom stereocenters. The highest BCUT2D eigenvalue weighted by Gasteiger charge is 2.62. The smallest absolute Gasteiger partial charge is 0.401 e. The largest absolute Gasteiger partial charge is 0.499 e. The van der Waals surface area contributed by atoms with Crippen molar-refractivity contribution < 1.29 is 26.0 Å². The Labute approximate surface area is 204 Å². The number of hydrogen-bond acceptors (Lipinski definition) is 4. The lowest BCUT2D eigenvalue weighted by Crippen LogP contribution is -2.52. The van der Waals surface area contributed by atoms with Gasteiger partial charge < -0.3 is 10.2 Å². The van der Waals surface area contributed by atoms with Gasteiger partial charge in [0.25, 0.3) is 9.84 Å². The standard InChI is InChI=1S/C25H40F3NO3SSi/c1-20-12-10-16-24(21(20)13-11-19-29,33(30,31)25(26,27)28)18-17-23(14-8-7-9-15-23)32-34(5,6)22(2,3)4/h10,12,16,21H,7-9,11,13-15,19,29H2,1-6H3. The second kappa shape index (κ2) is 10.1. The van der Waals surface area contributed by atoms with Gasteiger partial charge in [-0.25, -0.2) is 8.42 Å². The molecule has 9 heteroatoms. The van der Waals surface area contributed by atoms with Crippen molar-refractivity contribution in [3.8, 4) is 11.8 Å². The molecule has 2 unspecified atom stereocenters. The van der Waals surface area contributed by atoms with Crippen molar-refractivity contribution >= 4 is 18.2 Å². The summed E-state index contributed by atoms with van der Waals surface area (Å²) >= 11 is 0. The average Bonchev–Trinajstić information content (AvgIpc) is 2.70. The van der Waals surface area contributed by atoms with Crippen LogP contribution in [0.5, 0.6) is 0 Å². The molecule has 194 valence electrons. The van der Waals surface area contributed by atoms with Crippen LogP contribution >= 0.6 is 0 Å². The lowest BCUT2D eigenvalue weighted by molar-refractivity contribution is -0.0453. The molecule has 2 N–H and O–H groups in total. The molecule has 1 fully saturated rings. The highest BCUT2D eigenvalue weighted by Crippen LogP contribution is 2.47. The minimum atomic E-state index is -5.66. The van der Waals surface area contributed by atoms with E-state index in [2.05, 4.69) is 45.7 Å². The van der Waals surface area contributed by atoms with Crippen molar-refractivity contribution in [2.24, 2.45) is 11.7 Å². The normalized spacial score (nSPS) is 25.9. The molecule has 1 saturated carbocycles. The van der Waals surface area contributed by atoms with Crippen molar-refractivity contribution in [3.05, 3.63) is 23.8 Å². The van der Waals surface area contributed by atoms with Gasteiger partial charge in [-0.3, -0.25) is 0 Å². The van der Waals surface area contributed by atoms with Crippen molar-refractivity contribution in [2.75, 3.05) is 6.54 Å². The van der Waals surface area contributed by atoms with Gasteiger partial charge in [0.1, 0.15) is 5.60 Å². The molecule has 2 aliphatic carbocycles. The van der Waals surface area contributed by atoms with E-state index >= 15 is 0 Å². The molecule has 0 aromatic carbocycles. The number of hydrogen-bond donors (Lipinski definition) is 1. The summed E-state index contributed by atoms with van der Waals surface area (Å²) in [7, 11) is -7.99. The van der Waals surface area contributed by atoms with Crippen LogP contribution < -0.4 is 5.73 Å². The van der Waals surface area contributed by atoms with Crippen LogP contribution in [-0.2, 0) is 14.3 Å². The zero-order valence-corrected chi connectivity index (χ0v) is 23.1. The summed E-state index contributed by atoms with van der Waals surface area (Å²) in [4.78, 5) is 0. The van der Waals surface area contributed by atoms with Crippen molar-refractivity contribution in [1.82, 2.24) is 0 Å². The van der Waals surface area contributed by atoms with Crippen molar-refractivity contribution in [1.29, 1.82) is 0 Å². The van der Waals surface area contributed by atoms with E-state index in [1.54, 1.807) is 13.0 Å². The van der Waals surface area contributed by atoms with Crippen LogP contribution in [0.4, 0.5) is 13.2 Å². The first-order valence-corrected chi connectivity index (χ1v) is 16.5. The van der Waals surface area contributed by atoms with Crippen molar-refractivity contribution in [3.63, 3.8) is 0 Å². The first-order chi connectivity index (χ1) is 15.4. The second-order valence-electron chi connectivity index (χ2n) is 11.2. The molecule has 0 radical (unpaired) electrons. The molecular weight excluding hydrogens is 479 g/mol. The average molecular weight is 520 g/mol. The van der Waals surface area contributed by atoms with E-state index in [9.17, 15) is 21.6 Å². The molecular formula is C25H40F3NO3SSi. The van der Waals surface area contributed by atoms with Gasteiger partial charge in [0.05, 0.1) is 0 Å². The highest BCUT2D eigenvalue weighted by atomic mass is 32.2. The van der Waals surface area contributed by atoms with E-state index in [0.717, 1.165) is 25.3 Å². The zero-order valence-electron chi connectivity index (χ0n) is 21.3. The fourth-order valence-corrected chi connectivity index (χ4v) is 7.61. The zero-order chi connectivity index (χ0) is 26.1. The summed E-state index contributed by atoms with van der Waals surface area (Å²) in [5.74, 6) is 4.84. The number of nitrogens with two attached hydrogens (primary N) is 1. The molecule has 0 bridgehead atoms. The molecule has 0 heterocycles. The van der Waals surface area contributed by atoms with Crippen LogP contribution in [0.15, 0.2) is 23.8 Å². The highest BCUT2D eigenvalue weighted by molar-refractivity contribution is 7.94. The molecule has 0 amide bonds. The number of rotatable bonds is 6. The third-order valence-corrected chi connectivity index (χ3v) is 14.2. The Kier molecular flexibility index (Phi) is 8.67. The third kappa shape index (κ3) is 5.66. The molecule has 2 aliphatic rings. The van der Waals surface area contributed by atoms with E-state index in [-0.39, 0.29) is 18.0 Å². The summed E-state index contributed by atoms with van der Waals surface area (Å²) in [6.07, 6.45) is 8.61. The molecule has 2 rings (SSSR count). The molecule has 0 spiro atoms. The summed E-state index contributed by atoms with van der Waals surface area (Å²) < 4.78 is 72.6. The molecule has 0 aliphatic heterocycles. The molecule has 34 heavy (non-hydrogen) atoms. The maximum Gasteiger partial charge on any atom is 0.499 e. The van der Waals surface area contributed by atoms with Crippen LogP contribution in [0.25, 0.3) is 0 Å². The van der Waals surface area contributed by atoms with Gasteiger partial charge in [0, 0.05) is 5.92 Å². The Morgan fingerprint density at radius 3 is 2.24 bits per heavy atom. The summed E-state index contributed by atoms with van der Waals surface area (Å²) in [5, 5.41) is -0.122.